The number of halogens is 1. The Hall–Kier alpha value is -1.17. The predicted molar refractivity (Wildman–Crippen MR) is 59.8 cm³/mol. The molecule has 78 valence electrons. The molecule has 0 radical (unpaired) electrons. The molecule has 2 rings (SSSR count). The van der Waals surface area contributed by atoms with Gasteiger partial charge in [0.15, 0.2) is 0 Å². The van der Waals surface area contributed by atoms with Crippen LogP contribution in [0.2, 0.25) is 0 Å². The molecule has 15 heavy (non-hydrogen) atoms. The molecule has 2 aromatic rings. The van der Waals surface area contributed by atoms with Crippen LogP contribution in [0.15, 0.2) is 45.7 Å². The fraction of sp³-hybridized carbons (Fsp3) is 0.100. The van der Waals surface area contributed by atoms with Crippen LogP contribution >= 0.6 is 15.9 Å². The number of hydrazine groups is 1. The first-order valence-corrected chi connectivity index (χ1v) is 5.20. The van der Waals surface area contributed by atoms with E-state index in [2.05, 4.69) is 26.3 Å². The molecule has 3 N–H and O–H groups in total. The summed E-state index contributed by atoms with van der Waals surface area (Å²) >= 11 is 3.36. The first kappa shape index (κ1) is 10.4. The number of furan rings is 1. The normalized spacial score (nSPS) is 12.7. The SMILES string of the molecule is NNC(c1cncc(Br)c1)c1ccco1. The highest BCUT2D eigenvalue weighted by Crippen LogP contribution is 2.22. The molecule has 0 bridgehead atoms. The summed E-state index contributed by atoms with van der Waals surface area (Å²) in [6.07, 6.45) is 5.09. The van der Waals surface area contributed by atoms with Crippen molar-refractivity contribution in [1.82, 2.24) is 10.4 Å². The van der Waals surface area contributed by atoms with Gasteiger partial charge in [-0.1, -0.05) is 0 Å². The van der Waals surface area contributed by atoms with Gasteiger partial charge in [-0.15, -0.1) is 0 Å². The fourth-order valence-electron chi connectivity index (χ4n) is 1.38. The van der Waals surface area contributed by atoms with Crippen LogP contribution in [0.5, 0.6) is 0 Å². The lowest BCUT2D eigenvalue weighted by Crippen LogP contribution is -2.28. The van der Waals surface area contributed by atoms with E-state index in [4.69, 9.17) is 10.3 Å². The summed E-state index contributed by atoms with van der Waals surface area (Å²) in [4.78, 5) is 4.08. The molecule has 0 saturated carbocycles. The van der Waals surface area contributed by atoms with E-state index < -0.39 is 0 Å². The lowest BCUT2D eigenvalue weighted by Gasteiger charge is -2.13. The molecule has 0 fully saturated rings. The number of nitrogens with one attached hydrogen (secondary N) is 1. The maximum absolute atomic E-state index is 5.49. The first-order valence-electron chi connectivity index (χ1n) is 4.41. The number of rotatable bonds is 3. The number of nitrogens with zero attached hydrogens (tertiary/aromatic N) is 1. The Balaban J connectivity index is 2.35. The van der Waals surface area contributed by atoms with Gasteiger partial charge in [0.25, 0.3) is 0 Å². The van der Waals surface area contributed by atoms with Gasteiger partial charge in [-0.05, 0) is 39.7 Å². The van der Waals surface area contributed by atoms with Crippen LogP contribution in [0.25, 0.3) is 0 Å². The van der Waals surface area contributed by atoms with Crippen molar-refractivity contribution in [3.05, 3.63) is 52.7 Å². The van der Waals surface area contributed by atoms with E-state index >= 15 is 0 Å². The Morgan fingerprint density at radius 2 is 2.33 bits per heavy atom. The second-order valence-electron chi connectivity index (χ2n) is 3.05. The molecular formula is C10H10BrN3O. The van der Waals surface area contributed by atoms with Crippen LogP contribution in [-0.4, -0.2) is 4.98 Å². The van der Waals surface area contributed by atoms with Gasteiger partial charge in [0.2, 0.25) is 0 Å². The van der Waals surface area contributed by atoms with Crippen molar-refractivity contribution in [2.75, 3.05) is 0 Å². The first-order chi connectivity index (χ1) is 7.31. The molecule has 1 atom stereocenters. The van der Waals surface area contributed by atoms with Gasteiger partial charge < -0.3 is 4.42 Å². The van der Waals surface area contributed by atoms with Crippen LogP contribution < -0.4 is 11.3 Å². The highest BCUT2D eigenvalue weighted by atomic mass is 79.9. The van der Waals surface area contributed by atoms with Gasteiger partial charge in [-0.3, -0.25) is 10.8 Å². The van der Waals surface area contributed by atoms with E-state index in [0.29, 0.717) is 0 Å². The molecule has 0 aliphatic heterocycles. The van der Waals surface area contributed by atoms with E-state index in [0.717, 1.165) is 15.8 Å². The van der Waals surface area contributed by atoms with E-state index in [9.17, 15) is 0 Å². The Labute approximate surface area is 95.6 Å². The fourth-order valence-corrected chi connectivity index (χ4v) is 1.77. The van der Waals surface area contributed by atoms with Crippen molar-refractivity contribution >= 4 is 15.9 Å². The Bertz CT molecular complexity index is 430. The van der Waals surface area contributed by atoms with Gasteiger partial charge in [0, 0.05) is 16.9 Å². The third kappa shape index (κ3) is 2.26. The number of hydrogen-bond donors (Lipinski definition) is 2. The van der Waals surface area contributed by atoms with Crippen LogP contribution in [0, 0.1) is 0 Å². The summed E-state index contributed by atoms with van der Waals surface area (Å²) in [7, 11) is 0. The minimum absolute atomic E-state index is 0.176. The predicted octanol–water partition coefficient (Wildman–Crippen LogP) is 1.99. The van der Waals surface area contributed by atoms with E-state index in [-0.39, 0.29) is 6.04 Å². The minimum atomic E-state index is -0.176. The highest BCUT2D eigenvalue weighted by molar-refractivity contribution is 9.10. The topological polar surface area (TPSA) is 64.1 Å². The summed E-state index contributed by atoms with van der Waals surface area (Å²) in [6, 6.07) is 5.46. The van der Waals surface area contributed by atoms with Crippen molar-refractivity contribution in [3.63, 3.8) is 0 Å². The quantitative estimate of drug-likeness (QED) is 0.660. The smallest absolute Gasteiger partial charge is 0.126 e. The van der Waals surface area contributed by atoms with E-state index in [1.165, 1.54) is 0 Å². The highest BCUT2D eigenvalue weighted by Gasteiger charge is 2.15. The van der Waals surface area contributed by atoms with Crippen molar-refractivity contribution in [1.29, 1.82) is 0 Å². The number of pyridine rings is 1. The molecule has 2 heterocycles. The van der Waals surface area contributed by atoms with Gasteiger partial charge in [0.05, 0.1) is 6.26 Å². The maximum atomic E-state index is 5.49. The minimum Gasteiger partial charge on any atom is -0.467 e. The second-order valence-corrected chi connectivity index (χ2v) is 3.97. The molecule has 0 aliphatic carbocycles. The Morgan fingerprint density at radius 3 is 2.93 bits per heavy atom. The van der Waals surface area contributed by atoms with Crippen molar-refractivity contribution in [3.8, 4) is 0 Å². The molecular weight excluding hydrogens is 258 g/mol. The van der Waals surface area contributed by atoms with Crippen LogP contribution in [0.1, 0.15) is 17.4 Å². The largest absolute Gasteiger partial charge is 0.467 e. The van der Waals surface area contributed by atoms with Crippen LogP contribution in [0.3, 0.4) is 0 Å². The molecule has 0 aliphatic rings. The van der Waals surface area contributed by atoms with Crippen molar-refractivity contribution in [2.24, 2.45) is 5.84 Å². The molecule has 4 nitrogen and oxygen atoms in total. The van der Waals surface area contributed by atoms with Crippen LogP contribution in [-0.2, 0) is 0 Å². The molecule has 1 unspecified atom stereocenters. The number of hydrogen-bond acceptors (Lipinski definition) is 4. The van der Waals surface area contributed by atoms with Gasteiger partial charge in [-0.25, -0.2) is 5.43 Å². The zero-order valence-corrected chi connectivity index (χ0v) is 9.44. The monoisotopic (exact) mass is 267 g/mol. The summed E-state index contributed by atoms with van der Waals surface area (Å²) < 4.78 is 6.20. The van der Waals surface area contributed by atoms with Gasteiger partial charge >= 0.3 is 0 Å². The zero-order valence-electron chi connectivity index (χ0n) is 7.85. The van der Waals surface area contributed by atoms with Gasteiger partial charge in [0.1, 0.15) is 11.8 Å². The molecule has 0 aromatic carbocycles. The number of aromatic nitrogens is 1. The molecule has 5 heteroatoms. The van der Waals surface area contributed by atoms with E-state index in [1.54, 1.807) is 18.7 Å². The lowest BCUT2D eigenvalue weighted by molar-refractivity contribution is 0.451. The summed E-state index contributed by atoms with van der Waals surface area (Å²) in [5, 5.41) is 0. The molecule has 0 saturated heterocycles. The third-order valence-corrected chi connectivity index (χ3v) is 2.49. The standard InChI is InChI=1S/C10H10BrN3O/c11-8-4-7(5-13-6-8)10(14-12)9-2-1-3-15-9/h1-6,10,14H,12H2. The Morgan fingerprint density at radius 1 is 1.47 bits per heavy atom. The lowest BCUT2D eigenvalue weighted by atomic mass is 10.1. The van der Waals surface area contributed by atoms with Gasteiger partial charge in [-0.2, -0.15) is 0 Å². The third-order valence-electron chi connectivity index (χ3n) is 2.05. The summed E-state index contributed by atoms with van der Waals surface area (Å²) in [6.45, 7) is 0. The second kappa shape index (κ2) is 4.57. The summed E-state index contributed by atoms with van der Waals surface area (Å²) in [5.41, 5.74) is 3.64. The maximum Gasteiger partial charge on any atom is 0.126 e. The van der Waals surface area contributed by atoms with Crippen LogP contribution in [0.4, 0.5) is 0 Å². The molecule has 0 amide bonds. The van der Waals surface area contributed by atoms with Crippen molar-refractivity contribution in [2.45, 2.75) is 6.04 Å². The molecule has 0 spiro atoms. The van der Waals surface area contributed by atoms with Crippen molar-refractivity contribution < 1.29 is 4.42 Å². The summed E-state index contributed by atoms with van der Waals surface area (Å²) in [5.74, 6) is 6.25. The average Bonchev–Trinajstić information content (AvgIpc) is 2.72. The molecule has 2 aromatic heterocycles. The average molecular weight is 268 g/mol. The number of nitrogens with two attached hydrogens (primary N) is 1. The zero-order chi connectivity index (χ0) is 10.7. The Kier molecular flexibility index (Phi) is 3.15. The van der Waals surface area contributed by atoms with E-state index in [1.807, 2.05) is 18.2 Å².